The molecular weight excluding hydrogens is 418 g/mol. The van der Waals surface area contributed by atoms with Gasteiger partial charge in [-0.1, -0.05) is 0 Å². The molecule has 9 heteroatoms. The van der Waals surface area contributed by atoms with Crippen LogP contribution in [0.15, 0.2) is 36.7 Å². The number of hydrogen-bond donors (Lipinski definition) is 2. The number of anilines is 1. The van der Waals surface area contributed by atoms with Gasteiger partial charge in [-0.3, -0.25) is 0 Å². The Morgan fingerprint density at radius 3 is 2.76 bits per heavy atom. The molecule has 2 atom stereocenters. The number of ether oxygens (including phenoxy) is 1. The zero-order valence-corrected chi connectivity index (χ0v) is 19.0. The summed E-state index contributed by atoms with van der Waals surface area (Å²) in [5.74, 6) is 0.735. The third-order valence-corrected chi connectivity index (χ3v) is 7.62. The number of benzene rings is 1. The zero-order valence-electron chi connectivity index (χ0n) is 19.0. The van der Waals surface area contributed by atoms with Crippen LogP contribution in [0.25, 0.3) is 27.8 Å². The molecule has 0 amide bonds. The molecule has 3 aromatic heterocycles. The van der Waals surface area contributed by atoms with Crippen LogP contribution in [0.3, 0.4) is 0 Å². The molecule has 1 spiro atoms. The van der Waals surface area contributed by atoms with E-state index in [1.807, 2.05) is 19.3 Å². The molecule has 0 saturated carbocycles. The maximum atomic E-state index is 10.1. The Balaban J connectivity index is 1.33. The van der Waals surface area contributed by atoms with Crippen molar-refractivity contribution in [2.75, 3.05) is 24.6 Å². The van der Waals surface area contributed by atoms with Gasteiger partial charge in [0, 0.05) is 48.7 Å². The molecule has 0 radical (unpaired) electrons. The number of aliphatic hydroxyl groups is 1. The maximum Gasteiger partial charge on any atom is 0.182 e. The van der Waals surface area contributed by atoms with Crippen LogP contribution in [-0.4, -0.2) is 61.3 Å². The molecule has 9 nitrogen and oxygen atoms in total. The third kappa shape index (κ3) is 3.14. The van der Waals surface area contributed by atoms with Gasteiger partial charge >= 0.3 is 0 Å². The van der Waals surface area contributed by atoms with Crippen molar-refractivity contribution in [3.8, 4) is 5.69 Å². The van der Waals surface area contributed by atoms with Gasteiger partial charge in [0.05, 0.1) is 31.2 Å². The molecule has 2 aliphatic heterocycles. The van der Waals surface area contributed by atoms with E-state index in [1.165, 1.54) is 0 Å². The molecule has 5 heterocycles. The lowest BCUT2D eigenvalue weighted by atomic mass is 9.73. The van der Waals surface area contributed by atoms with Gasteiger partial charge in [0.25, 0.3) is 0 Å². The molecule has 0 aliphatic carbocycles. The van der Waals surface area contributed by atoms with Gasteiger partial charge in [0.2, 0.25) is 0 Å². The Morgan fingerprint density at radius 1 is 1.21 bits per heavy atom. The summed E-state index contributed by atoms with van der Waals surface area (Å²) >= 11 is 0. The van der Waals surface area contributed by atoms with Crippen LogP contribution in [0, 0.1) is 5.41 Å². The van der Waals surface area contributed by atoms with E-state index in [0.717, 1.165) is 54.9 Å². The molecule has 33 heavy (non-hydrogen) atoms. The van der Waals surface area contributed by atoms with Crippen molar-refractivity contribution < 1.29 is 9.84 Å². The highest BCUT2D eigenvalue weighted by Gasteiger charge is 2.47. The maximum absolute atomic E-state index is 10.1. The molecule has 2 fully saturated rings. The van der Waals surface area contributed by atoms with E-state index in [2.05, 4.69) is 39.7 Å². The van der Waals surface area contributed by atoms with Gasteiger partial charge in [0.1, 0.15) is 11.2 Å². The standard InChI is InChI=1S/C24H29N7O2/c1-15-21(25)24(14-33-15)6-9-30(10-7-24)22-19(13-32)28-23-18(27-22)12-26-31(23)17-3-4-20-16(11-17)5-8-29(20)2/h3-5,8,11-12,15,21,32H,6-7,9-10,13-14,25H2,1-2H3/t15-,21+/m0/s1. The Kier molecular flexibility index (Phi) is 4.69. The number of fused-ring (bicyclic) bond motifs is 2. The van der Waals surface area contributed by atoms with Gasteiger partial charge in [-0.25, -0.2) is 14.6 Å². The summed E-state index contributed by atoms with van der Waals surface area (Å²) in [6.45, 7) is 4.23. The Hall–Kier alpha value is -3.01. The predicted octanol–water partition coefficient (Wildman–Crippen LogP) is 2.13. The van der Waals surface area contributed by atoms with Gasteiger partial charge in [-0.15, -0.1) is 0 Å². The van der Waals surface area contributed by atoms with E-state index in [-0.39, 0.29) is 24.2 Å². The van der Waals surface area contributed by atoms with Gasteiger partial charge < -0.3 is 25.0 Å². The molecule has 2 aliphatic rings. The quantitative estimate of drug-likeness (QED) is 0.495. The Bertz CT molecular complexity index is 1340. The minimum absolute atomic E-state index is 0.0355. The highest BCUT2D eigenvalue weighted by atomic mass is 16.5. The zero-order chi connectivity index (χ0) is 22.7. The molecule has 3 N–H and O–H groups in total. The summed E-state index contributed by atoms with van der Waals surface area (Å²) in [6, 6.07) is 8.34. The number of nitrogens with two attached hydrogens (primary N) is 1. The number of piperidine rings is 1. The monoisotopic (exact) mass is 447 g/mol. The fourth-order valence-electron chi connectivity index (χ4n) is 5.46. The molecule has 6 rings (SSSR count). The fourth-order valence-corrected chi connectivity index (χ4v) is 5.46. The first-order valence-corrected chi connectivity index (χ1v) is 11.5. The first-order valence-electron chi connectivity index (χ1n) is 11.5. The number of nitrogens with zero attached hydrogens (tertiary/aromatic N) is 6. The molecular formula is C24H29N7O2. The smallest absolute Gasteiger partial charge is 0.182 e. The molecule has 1 aromatic carbocycles. The topological polar surface area (TPSA) is 107 Å². The minimum atomic E-state index is -0.178. The van der Waals surface area contributed by atoms with E-state index in [1.54, 1.807) is 10.9 Å². The number of hydrogen-bond acceptors (Lipinski definition) is 7. The number of aryl methyl sites for hydroxylation is 1. The van der Waals surface area contributed by atoms with Crippen LogP contribution in [-0.2, 0) is 18.4 Å². The van der Waals surface area contributed by atoms with E-state index < -0.39 is 0 Å². The molecule has 172 valence electrons. The number of aromatic nitrogens is 5. The largest absolute Gasteiger partial charge is 0.390 e. The summed E-state index contributed by atoms with van der Waals surface area (Å²) in [4.78, 5) is 11.9. The first kappa shape index (κ1) is 20.6. The van der Waals surface area contributed by atoms with Crippen molar-refractivity contribution in [1.29, 1.82) is 0 Å². The van der Waals surface area contributed by atoms with Crippen molar-refractivity contribution in [3.05, 3.63) is 42.4 Å². The third-order valence-electron chi connectivity index (χ3n) is 7.62. The highest BCUT2D eigenvalue weighted by molar-refractivity contribution is 5.83. The summed E-state index contributed by atoms with van der Waals surface area (Å²) in [6.07, 6.45) is 5.77. The SMILES string of the molecule is C[C@@H]1OCC2(CCN(c3nc4cnn(-c5ccc6c(ccn6C)c5)c4nc3CO)CC2)[C@@H]1N. The van der Waals surface area contributed by atoms with E-state index in [4.69, 9.17) is 20.4 Å². The van der Waals surface area contributed by atoms with Crippen molar-refractivity contribution in [1.82, 2.24) is 24.3 Å². The van der Waals surface area contributed by atoms with Crippen LogP contribution in [0.5, 0.6) is 0 Å². The predicted molar refractivity (Wildman–Crippen MR) is 126 cm³/mol. The van der Waals surface area contributed by atoms with Crippen molar-refractivity contribution >= 4 is 27.9 Å². The number of aliphatic hydroxyl groups excluding tert-OH is 1. The molecule has 0 bridgehead atoms. The average molecular weight is 448 g/mol. The Labute approximate surface area is 191 Å². The summed E-state index contributed by atoms with van der Waals surface area (Å²) in [7, 11) is 2.03. The van der Waals surface area contributed by atoms with Crippen LogP contribution < -0.4 is 10.6 Å². The summed E-state index contributed by atoms with van der Waals surface area (Å²) < 4.78 is 9.73. The average Bonchev–Trinajstić information content (AvgIpc) is 3.51. The highest BCUT2D eigenvalue weighted by Crippen LogP contribution is 2.42. The minimum Gasteiger partial charge on any atom is -0.390 e. The second-order valence-corrected chi connectivity index (χ2v) is 9.48. The molecule has 0 unspecified atom stereocenters. The van der Waals surface area contributed by atoms with Crippen LogP contribution in [0.1, 0.15) is 25.5 Å². The van der Waals surface area contributed by atoms with Gasteiger partial charge in [-0.05, 0) is 44.0 Å². The van der Waals surface area contributed by atoms with Gasteiger partial charge in [-0.2, -0.15) is 5.10 Å². The lowest BCUT2D eigenvalue weighted by Crippen LogP contribution is -2.51. The lowest BCUT2D eigenvalue weighted by molar-refractivity contribution is 0.0973. The van der Waals surface area contributed by atoms with Gasteiger partial charge in [0.15, 0.2) is 11.5 Å². The first-order chi connectivity index (χ1) is 16.0. The molecule has 4 aromatic rings. The van der Waals surface area contributed by atoms with E-state index in [0.29, 0.717) is 16.9 Å². The normalized spacial score (nSPS) is 22.7. The van der Waals surface area contributed by atoms with Crippen molar-refractivity contribution in [2.24, 2.45) is 18.2 Å². The van der Waals surface area contributed by atoms with Crippen LogP contribution in [0.2, 0.25) is 0 Å². The van der Waals surface area contributed by atoms with Crippen LogP contribution in [0.4, 0.5) is 5.82 Å². The second kappa shape index (κ2) is 7.51. The Morgan fingerprint density at radius 2 is 2.03 bits per heavy atom. The second-order valence-electron chi connectivity index (χ2n) is 9.48. The number of rotatable bonds is 3. The van der Waals surface area contributed by atoms with Crippen molar-refractivity contribution in [2.45, 2.75) is 38.5 Å². The van der Waals surface area contributed by atoms with Crippen LogP contribution >= 0.6 is 0 Å². The van der Waals surface area contributed by atoms with E-state index in [9.17, 15) is 5.11 Å². The fraction of sp³-hybridized carbons (Fsp3) is 0.458. The van der Waals surface area contributed by atoms with E-state index >= 15 is 0 Å². The van der Waals surface area contributed by atoms with Crippen molar-refractivity contribution in [3.63, 3.8) is 0 Å². The lowest BCUT2D eigenvalue weighted by Gasteiger charge is -2.41. The summed E-state index contributed by atoms with van der Waals surface area (Å²) in [5, 5.41) is 15.8. The molecule has 2 saturated heterocycles. The summed E-state index contributed by atoms with van der Waals surface area (Å²) in [5.41, 5.74) is 10.5.